The van der Waals surface area contributed by atoms with Crippen molar-refractivity contribution in [1.82, 2.24) is 15.0 Å². The van der Waals surface area contributed by atoms with Crippen molar-refractivity contribution in [1.29, 1.82) is 0 Å². The van der Waals surface area contributed by atoms with Crippen LogP contribution in [0.4, 0.5) is 4.39 Å². The normalized spacial score (nSPS) is 18.2. The van der Waals surface area contributed by atoms with Crippen LogP contribution in [0.3, 0.4) is 0 Å². The Morgan fingerprint density at radius 2 is 2.20 bits per heavy atom. The predicted molar refractivity (Wildman–Crippen MR) is 88.0 cm³/mol. The van der Waals surface area contributed by atoms with Gasteiger partial charge in [0.2, 0.25) is 5.91 Å². The van der Waals surface area contributed by atoms with E-state index in [1.165, 1.54) is 6.07 Å². The molecule has 0 aliphatic carbocycles. The van der Waals surface area contributed by atoms with Gasteiger partial charge in [-0.2, -0.15) is 4.98 Å². The first-order valence-electron chi connectivity index (χ1n) is 8.53. The molecular formula is C18H22FN3O3. The Bertz CT molecular complexity index is 719. The Morgan fingerprint density at radius 1 is 1.36 bits per heavy atom. The summed E-state index contributed by atoms with van der Waals surface area (Å²) in [7, 11) is 1.56. The van der Waals surface area contributed by atoms with E-state index in [9.17, 15) is 9.18 Å². The highest BCUT2D eigenvalue weighted by Gasteiger charge is 2.30. The van der Waals surface area contributed by atoms with Crippen LogP contribution < -0.4 is 0 Å². The fourth-order valence-electron chi connectivity index (χ4n) is 3.17. The van der Waals surface area contributed by atoms with Crippen LogP contribution in [0.1, 0.15) is 49.0 Å². The Labute approximate surface area is 146 Å². The lowest BCUT2D eigenvalue weighted by Gasteiger charge is -2.28. The number of hydrogen-bond donors (Lipinski definition) is 0. The van der Waals surface area contributed by atoms with Crippen molar-refractivity contribution in [3.8, 4) is 0 Å². The smallest absolute Gasteiger partial charge is 0.252 e. The third-order valence-electron chi connectivity index (χ3n) is 4.42. The average molecular weight is 347 g/mol. The molecule has 3 rings (SSSR count). The molecule has 1 aliphatic heterocycles. The summed E-state index contributed by atoms with van der Waals surface area (Å²) in [5.74, 6) is 0.415. The van der Waals surface area contributed by atoms with Gasteiger partial charge in [0.05, 0.1) is 12.5 Å². The molecule has 25 heavy (non-hydrogen) atoms. The second-order valence-electron chi connectivity index (χ2n) is 6.20. The molecule has 2 aromatic rings. The molecule has 0 radical (unpaired) electrons. The molecule has 1 atom stereocenters. The van der Waals surface area contributed by atoms with Gasteiger partial charge in [-0.1, -0.05) is 36.2 Å². The number of rotatable bonds is 5. The largest absolute Gasteiger partial charge is 0.375 e. The van der Waals surface area contributed by atoms with Crippen LogP contribution in [0.25, 0.3) is 0 Å². The monoisotopic (exact) mass is 347 g/mol. The van der Waals surface area contributed by atoms with Crippen LogP contribution in [-0.2, 0) is 22.6 Å². The van der Waals surface area contributed by atoms with E-state index >= 15 is 0 Å². The lowest BCUT2D eigenvalue weighted by atomic mass is 10.1. The van der Waals surface area contributed by atoms with Gasteiger partial charge >= 0.3 is 0 Å². The van der Waals surface area contributed by atoms with Crippen molar-refractivity contribution in [2.75, 3.05) is 13.7 Å². The molecule has 1 aromatic carbocycles. The Morgan fingerprint density at radius 3 is 3.00 bits per heavy atom. The molecule has 1 saturated heterocycles. The van der Waals surface area contributed by atoms with Crippen molar-refractivity contribution in [2.45, 2.75) is 44.8 Å². The summed E-state index contributed by atoms with van der Waals surface area (Å²) in [6.45, 7) is 0.856. The third-order valence-corrected chi connectivity index (χ3v) is 4.42. The Kier molecular flexibility index (Phi) is 5.75. The second kappa shape index (κ2) is 8.20. The standard InChI is InChI=1S/C18H22FN3O3/c1-24-12-16-20-18(21-25-16)15-9-3-2-6-10-22(15)17(23)11-13-7-4-5-8-14(13)19/h4-5,7-8,15H,2-3,6,9-12H2,1H3/t15-/m0/s1. The van der Waals surface area contributed by atoms with Crippen LogP contribution in [0.2, 0.25) is 0 Å². The highest BCUT2D eigenvalue weighted by molar-refractivity contribution is 5.79. The zero-order valence-corrected chi connectivity index (χ0v) is 14.3. The fourth-order valence-corrected chi connectivity index (χ4v) is 3.17. The highest BCUT2D eigenvalue weighted by atomic mass is 19.1. The van der Waals surface area contributed by atoms with Gasteiger partial charge < -0.3 is 14.2 Å². The predicted octanol–water partition coefficient (Wildman–Crippen LogP) is 3.04. The van der Waals surface area contributed by atoms with E-state index in [1.54, 1.807) is 30.2 Å². The average Bonchev–Trinajstić information content (AvgIpc) is 2.92. The number of ether oxygens (including phenoxy) is 1. The van der Waals surface area contributed by atoms with E-state index < -0.39 is 0 Å². The van der Waals surface area contributed by atoms with Crippen LogP contribution >= 0.6 is 0 Å². The van der Waals surface area contributed by atoms with Gasteiger partial charge in [0.25, 0.3) is 5.89 Å². The summed E-state index contributed by atoms with van der Waals surface area (Å²) in [5.41, 5.74) is 0.406. The van der Waals surface area contributed by atoms with E-state index in [-0.39, 0.29) is 30.8 Å². The summed E-state index contributed by atoms with van der Waals surface area (Å²) >= 11 is 0. The molecule has 1 aromatic heterocycles. The topological polar surface area (TPSA) is 68.5 Å². The van der Waals surface area contributed by atoms with Gasteiger partial charge in [0.15, 0.2) is 5.82 Å². The maximum Gasteiger partial charge on any atom is 0.252 e. The second-order valence-corrected chi connectivity index (χ2v) is 6.20. The minimum atomic E-state index is -0.357. The van der Waals surface area contributed by atoms with Gasteiger partial charge in [-0.25, -0.2) is 4.39 Å². The first-order chi connectivity index (χ1) is 12.2. The number of aromatic nitrogens is 2. The molecule has 1 amide bonds. The van der Waals surface area contributed by atoms with Gasteiger partial charge in [0, 0.05) is 13.7 Å². The molecule has 0 bridgehead atoms. The fraction of sp³-hybridized carbons (Fsp3) is 0.500. The number of nitrogens with zero attached hydrogens (tertiary/aromatic N) is 3. The van der Waals surface area contributed by atoms with Crippen molar-refractivity contribution in [2.24, 2.45) is 0 Å². The van der Waals surface area contributed by atoms with E-state index in [0.717, 1.165) is 25.7 Å². The molecule has 0 N–H and O–H groups in total. The summed E-state index contributed by atoms with van der Waals surface area (Å²) < 4.78 is 24.1. The SMILES string of the molecule is COCc1nc([C@@H]2CCCCCN2C(=O)Cc2ccccc2F)no1. The van der Waals surface area contributed by atoms with E-state index in [0.29, 0.717) is 23.8 Å². The van der Waals surface area contributed by atoms with E-state index in [2.05, 4.69) is 10.1 Å². The lowest BCUT2D eigenvalue weighted by molar-refractivity contribution is -0.133. The summed E-state index contributed by atoms with van der Waals surface area (Å²) in [6.07, 6.45) is 3.76. The number of likely N-dealkylation sites (tertiary alicyclic amines) is 1. The maximum absolute atomic E-state index is 13.9. The molecule has 2 heterocycles. The highest BCUT2D eigenvalue weighted by Crippen LogP contribution is 2.29. The lowest BCUT2D eigenvalue weighted by Crippen LogP contribution is -2.36. The van der Waals surface area contributed by atoms with Crippen LogP contribution in [0, 0.1) is 5.82 Å². The molecule has 0 unspecified atom stereocenters. The number of benzene rings is 1. The summed E-state index contributed by atoms with van der Waals surface area (Å²) in [4.78, 5) is 19.0. The van der Waals surface area contributed by atoms with Crippen molar-refractivity contribution >= 4 is 5.91 Å². The molecule has 0 saturated carbocycles. The molecular weight excluding hydrogens is 325 g/mol. The molecule has 1 aliphatic rings. The number of amides is 1. The molecule has 7 heteroatoms. The third kappa shape index (κ3) is 4.22. The molecule has 6 nitrogen and oxygen atoms in total. The summed E-state index contributed by atoms with van der Waals surface area (Å²) in [6, 6.07) is 6.14. The van der Waals surface area contributed by atoms with Crippen LogP contribution in [-0.4, -0.2) is 34.6 Å². The Hall–Kier alpha value is -2.28. The molecule has 0 spiro atoms. The van der Waals surface area contributed by atoms with Crippen LogP contribution in [0.15, 0.2) is 28.8 Å². The van der Waals surface area contributed by atoms with Gasteiger partial charge in [-0.05, 0) is 24.5 Å². The first-order valence-corrected chi connectivity index (χ1v) is 8.53. The van der Waals surface area contributed by atoms with Crippen molar-refractivity contribution in [3.63, 3.8) is 0 Å². The minimum Gasteiger partial charge on any atom is -0.375 e. The van der Waals surface area contributed by atoms with Gasteiger partial charge in [-0.3, -0.25) is 4.79 Å². The first kappa shape index (κ1) is 17.5. The van der Waals surface area contributed by atoms with Crippen molar-refractivity contribution in [3.05, 3.63) is 47.4 Å². The quantitative estimate of drug-likeness (QED) is 0.831. The number of halogens is 1. The number of hydrogen-bond acceptors (Lipinski definition) is 5. The van der Waals surface area contributed by atoms with Gasteiger partial charge in [-0.15, -0.1) is 0 Å². The zero-order chi connectivity index (χ0) is 17.6. The minimum absolute atomic E-state index is 0.0337. The number of carbonyl (C=O) groups excluding carboxylic acids is 1. The Balaban J connectivity index is 1.79. The maximum atomic E-state index is 13.9. The van der Waals surface area contributed by atoms with Crippen LogP contribution in [0.5, 0.6) is 0 Å². The molecule has 1 fully saturated rings. The van der Waals surface area contributed by atoms with E-state index in [4.69, 9.17) is 9.26 Å². The van der Waals surface area contributed by atoms with Crippen molar-refractivity contribution < 1.29 is 18.4 Å². The zero-order valence-electron chi connectivity index (χ0n) is 14.3. The number of methoxy groups -OCH3 is 1. The summed E-state index contributed by atoms with van der Waals surface area (Å²) in [5, 5.41) is 4.02. The number of carbonyl (C=O) groups is 1. The molecule has 134 valence electrons. The van der Waals surface area contributed by atoms with Gasteiger partial charge in [0.1, 0.15) is 12.4 Å². The van der Waals surface area contributed by atoms with E-state index in [1.807, 2.05) is 0 Å².